The van der Waals surface area contributed by atoms with E-state index in [1.807, 2.05) is 0 Å². The van der Waals surface area contributed by atoms with Gasteiger partial charge in [-0.1, -0.05) is 6.07 Å². The molecule has 0 heterocycles. The quantitative estimate of drug-likeness (QED) is 0.220. The Bertz CT molecular complexity index is 612. The number of nitrogens with one attached hydrogen (secondary N) is 2. The van der Waals surface area contributed by atoms with Gasteiger partial charge in [-0.15, -0.1) is 0 Å². The maximum absolute atomic E-state index is 12.1. The fourth-order valence-corrected chi connectivity index (χ4v) is 2.27. The first-order valence-corrected chi connectivity index (χ1v) is 8.15. The highest BCUT2D eigenvalue weighted by atomic mass is 32.1. The first kappa shape index (κ1) is 20.3. The summed E-state index contributed by atoms with van der Waals surface area (Å²) in [5.74, 6) is -1.85. The van der Waals surface area contributed by atoms with Crippen LogP contribution in [0.25, 0.3) is 0 Å². The Balaban J connectivity index is 2.87. The third kappa shape index (κ3) is 5.71. The number of primary amides is 1. The lowest BCUT2D eigenvalue weighted by Gasteiger charge is -2.18. The lowest BCUT2D eigenvalue weighted by atomic mass is 10.1. The Morgan fingerprint density at radius 1 is 1.04 bits per heavy atom. The average molecular weight is 373 g/mol. The minimum absolute atomic E-state index is 0.0197. The van der Waals surface area contributed by atoms with E-state index in [4.69, 9.17) is 15.9 Å². The SMILES string of the molecule is NC(=O)C(CS)NC(=O)c1cccc(C(=O)NC(CS)C(O)O)c1. The Hall–Kier alpha value is -1.75. The second kappa shape index (κ2) is 9.52. The number of carbonyl (C=O) groups excluding carboxylic acids is 3. The molecule has 0 saturated heterocycles. The second-order valence-corrected chi connectivity index (χ2v) is 5.60. The van der Waals surface area contributed by atoms with E-state index in [0.717, 1.165) is 0 Å². The number of nitrogens with two attached hydrogens (primary N) is 1. The monoisotopic (exact) mass is 373 g/mol. The molecule has 0 aliphatic rings. The van der Waals surface area contributed by atoms with Crippen LogP contribution < -0.4 is 16.4 Å². The van der Waals surface area contributed by atoms with Crippen LogP contribution >= 0.6 is 25.3 Å². The molecule has 0 bridgehead atoms. The topological polar surface area (TPSA) is 142 Å². The fourth-order valence-electron chi connectivity index (χ4n) is 1.72. The van der Waals surface area contributed by atoms with Crippen molar-refractivity contribution in [3.63, 3.8) is 0 Å². The van der Waals surface area contributed by atoms with E-state index in [1.54, 1.807) is 0 Å². The van der Waals surface area contributed by atoms with Crippen LogP contribution in [0, 0.1) is 0 Å². The predicted octanol–water partition coefficient (Wildman–Crippen LogP) is -1.46. The summed E-state index contributed by atoms with van der Waals surface area (Å²) in [6, 6.07) is 3.81. The molecule has 6 N–H and O–H groups in total. The fraction of sp³-hybridized carbons (Fsp3) is 0.357. The number of rotatable bonds is 8. The van der Waals surface area contributed by atoms with Gasteiger partial charge < -0.3 is 26.6 Å². The van der Waals surface area contributed by atoms with Crippen LogP contribution in [0.15, 0.2) is 24.3 Å². The Morgan fingerprint density at radius 3 is 2.00 bits per heavy atom. The van der Waals surface area contributed by atoms with E-state index < -0.39 is 36.1 Å². The Kier molecular flexibility index (Phi) is 8.05. The van der Waals surface area contributed by atoms with E-state index in [2.05, 4.69) is 35.9 Å². The van der Waals surface area contributed by atoms with Crippen molar-refractivity contribution in [3.8, 4) is 0 Å². The largest absolute Gasteiger partial charge is 0.368 e. The first-order valence-electron chi connectivity index (χ1n) is 6.89. The summed E-state index contributed by atoms with van der Waals surface area (Å²) in [4.78, 5) is 35.3. The Morgan fingerprint density at radius 2 is 1.58 bits per heavy atom. The Labute approximate surface area is 149 Å². The molecule has 2 atom stereocenters. The van der Waals surface area contributed by atoms with Crippen molar-refractivity contribution < 1.29 is 24.6 Å². The number of carbonyl (C=O) groups is 3. The van der Waals surface area contributed by atoms with Crippen molar-refractivity contribution in [1.29, 1.82) is 0 Å². The summed E-state index contributed by atoms with van der Waals surface area (Å²) in [6.07, 6.45) is -1.76. The lowest BCUT2D eigenvalue weighted by molar-refractivity contribution is -0.119. The maximum atomic E-state index is 12.1. The van der Waals surface area contributed by atoms with Crippen molar-refractivity contribution in [1.82, 2.24) is 10.6 Å². The number of aliphatic hydroxyl groups excluding tert-OH is 1. The zero-order chi connectivity index (χ0) is 18.3. The number of benzene rings is 1. The van der Waals surface area contributed by atoms with Crippen molar-refractivity contribution in [2.24, 2.45) is 5.73 Å². The smallest absolute Gasteiger partial charge is 0.251 e. The molecule has 0 fully saturated rings. The molecule has 24 heavy (non-hydrogen) atoms. The molecule has 0 spiro atoms. The van der Waals surface area contributed by atoms with Crippen LogP contribution in [0.1, 0.15) is 20.7 Å². The molecule has 1 rings (SSSR count). The molecule has 0 aliphatic carbocycles. The van der Waals surface area contributed by atoms with Gasteiger partial charge in [0.25, 0.3) is 11.8 Å². The van der Waals surface area contributed by atoms with Gasteiger partial charge in [0.15, 0.2) is 6.29 Å². The minimum Gasteiger partial charge on any atom is -0.368 e. The standard InChI is InChI=1S/C14H19N3O5S2/c15-11(18)9(5-23)16-12(19)7-2-1-3-8(4-7)13(20)17-10(6-24)14(21)22/h1-4,9-10,14,21-24H,5-6H2,(H2,15,18)(H,16,19)(H,17,20). The van der Waals surface area contributed by atoms with Gasteiger partial charge in [0.1, 0.15) is 6.04 Å². The normalized spacial score (nSPS) is 13.2. The van der Waals surface area contributed by atoms with Crippen LogP contribution in [-0.2, 0) is 4.79 Å². The van der Waals surface area contributed by atoms with E-state index >= 15 is 0 Å². The summed E-state index contributed by atoms with van der Waals surface area (Å²) in [5.41, 5.74) is 5.41. The van der Waals surface area contributed by atoms with Crippen molar-refractivity contribution in [3.05, 3.63) is 35.4 Å². The zero-order valence-corrected chi connectivity index (χ0v) is 14.3. The van der Waals surface area contributed by atoms with Crippen LogP contribution in [0.5, 0.6) is 0 Å². The summed E-state index contributed by atoms with van der Waals surface area (Å²) >= 11 is 7.84. The summed E-state index contributed by atoms with van der Waals surface area (Å²) in [5, 5.41) is 23.0. The second-order valence-electron chi connectivity index (χ2n) is 4.87. The third-order valence-corrected chi connectivity index (χ3v) is 3.85. The summed E-state index contributed by atoms with van der Waals surface area (Å²) in [7, 11) is 0. The van der Waals surface area contributed by atoms with E-state index in [0.29, 0.717) is 0 Å². The molecule has 0 radical (unpaired) electrons. The molecule has 1 aromatic carbocycles. The summed E-state index contributed by atoms with van der Waals surface area (Å²) in [6.45, 7) is 0. The zero-order valence-electron chi connectivity index (χ0n) is 12.5. The van der Waals surface area contributed by atoms with E-state index in [-0.39, 0.29) is 22.6 Å². The lowest BCUT2D eigenvalue weighted by Crippen LogP contribution is -2.46. The van der Waals surface area contributed by atoms with Gasteiger partial charge >= 0.3 is 0 Å². The molecule has 0 aliphatic heterocycles. The van der Waals surface area contributed by atoms with Gasteiger partial charge in [0, 0.05) is 22.6 Å². The highest BCUT2D eigenvalue weighted by molar-refractivity contribution is 7.80. The number of amides is 3. The van der Waals surface area contributed by atoms with Crippen molar-refractivity contribution in [2.45, 2.75) is 18.4 Å². The van der Waals surface area contributed by atoms with Crippen molar-refractivity contribution in [2.75, 3.05) is 11.5 Å². The third-order valence-electron chi connectivity index (χ3n) is 3.09. The van der Waals surface area contributed by atoms with Gasteiger partial charge in [-0.05, 0) is 18.2 Å². The molecule has 1 aromatic rings. The van der Waals surface area contributed by atoms with Gasteiger partial charge in [-0.2, -0.15) is 25.3 Å². The van der Waals surface area contributed by atoms with E-state index in [9.17, 15) is 14.4 Å². The number of aliphatic hydroxyl groups is 2. The maximum Gasteiger partial charge on any atom is 0.251 e. The number of hydrogen-bond acceptors (Lipinski definition) is 7. The van der Waals surface area contributed by atoms with Gasteiger partial charge in [0.05, 0.1) is 6.04 Å². The molecular weight excluding hydrogens is 354 g/mol. The van der Waals surface area contributed by atoms with Crippen LogP contribution in [0.4, 0.5) is 0 Å². The van der Waals surface area contributed by atoms with Gasteiger partial charge in [-0.3, -0.25) is 14.4 Å². The van der Waals surface area contributed by atoms with Crippen LogP contribution in [0.3, 0.4) is 0 Å². The highest BCUT2D eigenvalue weighted by Gasteiger charge is 2.20. The molecule has 3 amide bonds. The first-order chi connectivity index (χ1) is 11.3. The molecule has 132 valence electrons. The highest BCUT2D eigenvalue weighted by Crippen LogP contribution is 2.07. The average Bonchev–Trinajstić information content (AvgIpc) is 2.56. The van der Waals surface area contributed by atoms with Crippen LogP contribution in [-0.4, -0.2) is 57.8 Å². The van der Waals surface area contributed by atoms with E-state index in [1.165, 1.54) is 24.3 Å². The molecule has 0 saturated carbocycles. The molecule has 10 heteroatoms. The van der Waals surface area contributed by atoms with Crippen LogP contribution in [0.2, 0.25) is 0 Å². The number of thiol groups is 2. The molecule has 8 nitrogen and oxygen atoms in total. The minimum atomic E-state index is -1.76. The molecular formula is C14H19N3O5S2. The summed E-state index contributed by atoms with van der Waals surface area (Å²) < 4.78 is 0. The van der Waals surface area contributed by atoms with Gasteiger partial charge in [-0.25, -0.2) is 0 Å². The number of hydrogen-bond donors (Lipinski definition) is 7. The van der Waals surface area contributed by atoms with Crippen molar-refractivity contribution >= 4 is 43.0 Å². The molecule has 2 unspecified atom stereocenters. The predicted molar refractivity (Wildman–Crippen MR) is 94.1 cm³/mol. The molecule has 0 aromatic heterocycles. The van der Waals surface area contributed by atoms with Gasteiger partial charge in [0.2, 0.25) is 5.91 Å².